The van der Waals surface area contributed by atoms with Crippen molar-refractivity contribution < 1.29 is 0 Å². The second-order valence-electron chi connectivity index (χ2n) is 4.13. The standard InChI is InChI=1S/C12H14BrN3/c13-10-5-9(8-14)6-12(7-10)16-3-1-11(15)2-4-16/h5-7,11H,1-4,15H2. The van der Waals surface area contributed by atoms with Gasteiger partial charge in [0.2, 0.25) is 0 Å². The van der Waals surface area contributed by atoms with Crippen molar-refractivity contribution in [2.24, 2.45) is 5.73 Å². The lowest BCUT2D eigenvalue weighted by molar-refractivity contribution is 0.501. The van der Waals surface area contributed by atoms with Crippen LogP contribution in [0, 0.1) is 11.3 Å². The fourth-order valence-electron chi connectivity index (χ4n) is 1.98. The maximum absolute atomic E-state index is 8.92. The van der Waals surface area contributed by atoms with Gasteiger partial charge < -0.3 is 10.6 Å². The van der Waals surface area contributed by atoms with Gasteiger partial charge in [-0.25, -0.2) is 0 Å². The van der Waals surface area contributed by atoms with Crippen LogP contribution in [0.1, 0.15) is 18.4 Å². The molecular formula is C12H14BrN3. The van der Waals surface area contributed by atoms with E-state index in [1.165, 1.54) is 0 Å². The van der Waals surface area contributed by atoms with Gasteiger partial charge in [-0.2, -0.15) is 5.26 Å². The molecule has 16 heavy (non-hydrogen) atoms. The third-order valence-electron chi connectivity index (χ3n) is 2.92. The lowest BCUT2D eigenvalue weighted by Gasteiger charge is -2.32. The Bertz CT molecular complexity index is 417. The molecule has 0 saturated carbocycles. The lowest BCUT2D eigenvalue weighted by atomic mass is 10.1. The number of hydrogen-bond acceptors (Lipinski definition) is 3. The topological polar surface area (TPSA) is 53.0 Å². The van der Waals surface area contributed by atoms with Gasteiger partial charge in [-0.3, -0.25) is 0 Å². The Morgan fingerprint density at radius 3 is 2.62 bits per heavy atom. The van der Waals surface area contributed by atoms with Crippen molar-refractivity contribution in [1.82, 2.24) is 0 Å². The zero-order chi connectivity index (χ0) is 11.5. The van der Waals surface area contributed by atoms with Crippen LogP contribution in [0.4, 0.5) is 5.69 Å². The van der Waals surface area contributed by atoms with Crippen molar-refractivity contribution in [1.29, 1.82) is 5.26 Å². The van der Waals surface area contributed by atoms with Gasteiger partial charge in [0.05, 0.1) is 11.6 Å². The number of nitrogens with two attached hydrogens (primary N) is 1. The van der Waals surface area contributed by atoms with Gasteiger partial charge in [-0.05, 0) is 31.0 Å². The number of anilines is 1. The molecule has 0 radical (unpaired) electrons. The molecule has 0 bridgehead atoms. The number of benzene rings is 1. The van der Waals surface area contributed by atoms with Gasteiger partial charge in [0, 0.05) is 29.3 Å². The Morgan fingerprint density at radius 1 is 1.31 bits per heavy atom. The highest BCUT2D eigenvalue weighted by atomic mass is 79.9. The summed E-state index contributed by atoms with van der Waals surface area (Å²) < 4.78 is 0.955. The average molecular weight is 280 g/mol. The van der Waals surface area contributed by atoms with Crippen molar-refractivity contribution in [3.05, 3.63) is 28.2 Å². The molecule has 84 valence electrons. The first kappa shape index (κ1) is 11.4. The van der Waals surface area contributed by atoms with Crippen LogP contribution in [0.3, 0.4) is 0 Å². The Morgan fingerprint density at radius 2 is 2.00 bits per heavy atom. The molecule has 0 unspecified atom stereocenters. The summed E-state index contributed by atoms with van der Waals surface area (Å²) in [6.07, 6.45) is 2.04. The summed E-state index contributed by atoms with van der Waals surface area (Å²) in [7, 11) is 0. The summed E-state index contributed by atoms with van der Waals surface area (Å²) in [5.74, 6) is 0. The van der Waals surface area contributed by atoms with Crippen molar-refractivity contribution in [3.8, 4) is 6.07 Å². The van der Waals surface area contributed by atoms with E-state index in [9.17, 15) is 0 Å². The molecule has 0 spiro atoms. The summed E-state index contributed by atoms with van der Waals surface area (Å²) in [6, 6.07) is 8.32. The fourth-order valence-corrected chi connectivity index (χ4v) is 2.46. The SMILES string of the molecule is N#Cc1cc(Br)cc(N2CCC(N)CC2)c1. The lowest BCUT2D eigenvalue weighted by Crippen LogP contribution is -2.39. The molecule has 1 heterocycles. The predicted octanol–water partition coefficient (Wildman–Crippen LogP) is 2.25. The van der Waals surface area contributed by atoms with Gasteiger partial charge in [-0.15, -0.1) is 0 Å². The van der Waals surface area contributed by atoms with E-state index < -0.39 is 0 Å². The molecule has 0 atom stereocenters. The summed E-state index contributed by atoms with van der Waals surface area (Å²) in [4.78, 5) is 2.29. The highest BCUT2D eigenvalue weighted by Crippen LogP contribution is 2.25. The molecule has 1 aliphatic heterocycles. The molecule has 0 aliphatic carbocycles. The molecular weight excluding hydrogens is 266 g/mol. The quantitative estimate of drug-likeness (QED) is 0.858. The maximum Gasteiger partial charge on any atom is 0.0992 e. The van der Waals surface area contributed by atoms with Gasteiger partial charge in [0.1, 0.15) is 0 Å². The summed E-state index contributed by atoms with van der Waals surface area (Å²) in [5, 5.41) is 8.92. The molecule has 1 fully saturated rings. The second-order valence-corrected chi connectivity index (χ2v) is 5.05. The first-order valence-corrected chi connectivity index (χ1v) is 6.19. The first-order valence-electron chi connectivity index (χ1n) is 5.40. The molecule has 2 N–H and O–H groups in total. The predicted molar refractivity (Wildman–Crippen MR) is 68.3 cm³/mol. The molecule has 1 aromatic carbocycles. The Balaban J connectivity index is 2.20. The maximum atomic E-state index is 8.92. The monoisotopic (exact) mass is 279 g/mol. The minimum atomic E-state index is 0.332. The molecule has 2 rings (SSSR count). The number of halogens is 1. The molecule has 1 aliphatic rings. The van der Waals surface area contributed by atoms with Crippen LogP contribution >= 0.6 is 15.9 Å². The van der Waals surface area contributed by atoms with E-state index >= 15 is 0 Å². The average Bonchev–Trinajstić information content (AvgIpc) is 2.29. The molecule has 0 aromatic heterocycles. The van der Waals surface area contributed by atoms with Crippen LogP contribution in [-0.2, 0) is 0 Å². The van der Waals surface area contributed by atoms with E-state index in [1.54, 1.807) is 0 Å². The second kappa shape index (κ2) is 4.86. The normalized spacial score (nSPS) is 17.2. The molecule has 0 amide bonds. The van der Waals surface area contributed by atoms with Crippen molar-refractivity contribution in [2.75, 3.05) is 18.0 Å². The van der Waals surface area contributed by atoms with Crippen LogP contribution in [0.15, 0.2) is 22.7 Å². The third kappa shape index (κ3) is 2.55. The Hall–Kier alpha value is -1.05. The van der Waals surface area contributed by atoms with Crippen molar-refractivity contribution >= 4 is 21.6 Å². The molecule has 1 saturated heterocycles. The van der Waals surface area contributed by atoms with Crippen LogP contribution in [0.25, 0.3) is 0 Å². The zero-order valence-corrected chi connectivity index (χ0v) is 10.6. The van der Waals surface area contributed by atoms with E-state index in [0.29, 0.717) is 11.6 Å². The van der Waals surface area contributed by atoms with E-state index in [1.807, 2.05) is 12.1 Å². The third-order valence-corrected chi connectivity index (χ3v) is 3.37. The van der Waals surface area contributed by atoms with E-state index in [2.05, 4.69) is 33.0 Å². The first-order chi connectivity index (χ1) is 7.69. The van der Waals surface area contributed by atoms with Gasteiger partial charge in [0.25, 0.3) is 0 Å². The number of rotatable bonds is 1. The Labute approximate surface area is 104 Å². The van der Waals surface area contributed by atoms with Gasteiger partial charge >= 0.3 is 0 Å². The largest absolute Gasteiger partial charge is 0.371 e. The van der Waals surface area contributed by atoms with Crippen molar-refractivity contribution in [2.45, 2.75) is 18.9 Å². The fraction of sp³-hybridized carbons (Fsp3) is 0.417. The van der Waals surface area contributed by atoms with E-state index in [-0.39, 0.29) is 0 Å². The highest BCUT2D eigenvalue weighted by Gasteiger charge is 2.16. The summed E-state index contributed by atoms with van der Waals surface area (Å²) in [6.45, 7) is 1.95. The summed E-state index contributed by atoms with van der Waals surface area (Å²) in [5.41, 5.74) is 7.68. The minimum Gasteiger partial charge on any atom is -0.371 e. The van der Waals surface area contributed by atoms with Crippen LogP contribution in [0.5, 0.6) is 0 Å². The minimum absolute atomic E-state index is 0.332. The molecule has 1 aromatic rings. The van der Waals surface area contributed by atoms with Crippen LogP contribution in [0.2, 0.25) is 0 Å². The number of hydrogen-bond donors (Lipinski definition) is 1. The number of nitrogens with zero attached hydrogens (tertiary/aromatic N) is 2. The Kier molecular flexibility index (Phi) is 3.47. The van der Waals surface area contributed by atoms with Crippen LogP contribution < -0.4 is 10.6 Å². The number of piperidine rings is 1. The zero-order valence-electron chi connectivity index (χ0n) is 8.99. The molecule has 4 heteroatoms. The van der Waals surface area contributed by atoms with Gasteiger partial charge in [0.15, 0.2) is 0 Å². The van der Waals surface area contributed by atoms with E-state index in [4.69, 9.17) is 11.0 Å². The van der Waals surface area contributed by atoms with E-state index in [0.717, 1.165) is 36.1 Å². The van der Waals surface area contributed by atoms with Crippen LogP contribution in [-0.4, -0.2) is 19.1 Å². The number of nitriles is 1. The summed E-state index contributed by atoms with van der Waals surface area (Å²) >= 11 is 3.43. The van der Waals surface area contributed by atoms with Gasteiger partial charge in [-0.1, -0.05) is 15.9 Å². The smallest absolute Gasteiger partial charge is 0.0992 e. The highest BCUT2D eigenvalue weighted by molar-refractivity contribution is 9.10. The molecule has 3 nitrogen and oxygen atoms in total. The van der Waals surface area contributed by atoms with Crippen molar-refractivity contribution in [3.63, 3.8) is 0 Å².